The first-order valence-electron chi connectivity index (χ1n) is 6.28. The van der Waals surface area contributed by atoms with Gasteiger partial charge in [0.15, 0.2) is 0 Å². The molecule has 0 fully saturated rings. The summed E-state index contributed by atoms with van der Waals surface area (Å²) < 4.78 is 0. The van der Waals surface area contributed by atoms with Gasteiger partial charge in [0.2, 0.25) is 0 Å². The predicted octanol–water partition coefficient (Wildman–Crippen LogP) is -0.184. The smallest absolute Gasteiger partial charge is 0.141 e. The number of hydrogen-bond acceptors (Lipinski definition) is 6. The van der Waals surface area contributed by atoms with Gasteiger partial charge in [-0.1, -0.05) is 0 Å². The summed E-state index contributed by atoms with van der Waals surface area (Å²) in [4.78, 5) is 21.5. The van der Waals surface area contributed by atoms with Crippen molar-refractivity contribution in [3.05, 3.63) is 0 Å². The Morgan fingerprint density at radius 1 is 0.944 bits per heavy atom. The highest BCUT2D eigenvalue weighted by molar-refractivity contribution is 6.30. The van der Waals surface area contributed by atoms with E-state index in [4.69, 9.17) is 0 Å². The second-order valence-corrected chi connectivity index (χ2v) is 4.39. The van der Waals surface area contributed by atoms with Crippen LogP contribution in [0.2, 0.25) is 0 Å². The van der Waals surface area contributed by atoms with E-state index in [1.165, 1.54) is 0 Å². The second kappa shape index (κ2) is 6.28. The molecule has 0 saturated heterocycles. The zero-order valence-electron chi connectivity index (χ0n) is 11.1. The van der Waals surface area contributed by atoms with Gasteiger partial charge in [-0.3, -0.25) is 20.0 Å². The van der Waals surface area contributed by atoms with Gasteiger partial charge in [-0.15, -0.1) is 0 Å². The molecular weight excluding hydrogens is 228 g/mol. The maximum atomic E-state index is 4.34. The van der Waals surface area contributed by atoms with Crippen LogP contribution in [-0.4, -0.2) is 87.3 Å². The minimum absolute atomic E-state index is 0.695. The monoisotopic (exact) mass is 248 g/mol. The molecule has 0 unspecified atom stereocenters. The summed E-state index contributed by atoms with van der Waals surface area (Å²) in [5, 5.41) is 0. The first kappa shape index (κ1) is 12.7. The van der Waals surface area contributed by atoms with Crippen molar-refractivity contribution >= 4 is 24.1 Å². The summed E-state index contributed by atoms with van der Waals surface area (Å²) in [7, 11) is 4.06. The van der Waals surface area contributed by atoms with Crippen LogP contribution in [0, 0.1) is 0 Å². The van der Waals surface area contributed by atoms with Gasteiger partial charge in [-0.05, 0) is 0 Å². The first-order chi connectivity index (χ1) is 8.77. The van der Waals surface area contributed by atoms with Crippen LogP contribution in [0.25, 0.3) is 0 Å². The van der Waals surface area contributed by atoms with E-state index in [-0.39, 0.29) is 0 Å². The van der Waals surface area contributed by atoms with Crippen molar-refractivity contribution in [2.75, 3.05) is 53.4 Å². The van der Waals surface area contributed by atoms with Crippen LogP contribution < -0.4 is 0 Å². The van der Waals surface area contributed by atoms with Gasteiger partial charge in [-0.25, -0.2) is 0 Å². The van der Waals surface area contributed by atoms with E-state index < -0.39 is 0 Å². The molecule has 2 rings (SSSR count). The van der Waals surface area contributed by atoms with Crippen molar-refractivity contribution in [3.63, 3.8) is 0 Å². The third-order valence-corrected chi connectivity index (χ3v) is 2.97. The van der Waals surface area contributed by atoms with Crippen molar-refractivity contribution in [1.29, 1.82) is 0 Å². The molecule has 0 aromatic heterocycles. The summed E-state index contributed by atoms with van der Waals surface area (Å²) >= 11 is 0. The fraction of sp³-hybridized carbons (Fsp3) is 0.667. The van der Waals surface area contributed by atoms with Crippen LogP contribution in [0.4, 0.5) is 0 Å². The van der Waals surface area contributed by atoms with E-state index in [1.807, 2.05) is 26.5 Å². The van der Waals surface area contributed by atoms with Crippen LogP contribution in [0.3, 0.4) is 0 Å². The van der Waals surface area contributed by atoms with Gasteiger partial charge >= 0.3 is 0 Å². The quantitative estimate of drug-likeness (QED) is 0.500. The number of nitrogens with zero attached hydrogens (tertiary/aromatic N) is 6. The Bertz CT molecular complexity index is 357. The minimum atomic E-state index is 0.695. The van der Waals surface area contributed by atoms with Crippen molar-refractivity contribution in [1.82, 2.24) is 9.80 Å². The minimum Gasteiger partial charge on any atom is -0.357 e. The van der Waals surface area contributed by atoms with Gasteiger partial charge in [0, 0.05) is 27.2 Å². The van der Waals surface area contributed by atoms with E-state index in [0.717, 1.165) is 37.9 Å². The van der Waals surface area contributed by atoms with Crippen LogP contribution in [0.15, 0.2) is 20.0 Å². The summed E-state index contributed by atoms with van der Waals surface area (Å²) in [5.41, 5.74) is 0. The van der Waals surface area contributed by atoms with Crippen molar-refractivity contribution in [3.8, 4) is 0 Å². The van der Waals surface area contributed by atoms with Gasteiger partial charge in [0.25, 0.3) is 0 Å². The molecule has 2 aliphatic rings. The Morgan fingerprint density at radius 3 is 1.72 bits per heavy atom. The fourth-order valence-corrected chi connectivity index (χ4v) is 1.79. The highest BCUT2D eigenvalue weighted by Crippen LogP contribution is 1.96. The molecule has 0 N–H and O–H groups in total. The highest BCUT2D eigenvalue weighted by atomic mass is 15.2. The molecule has 0 amide bonds. The molecule has 0 aliphatic carbocycles. The average molecular weight is 248 g/mol. The Morgan fingerprint density at radius 2 is 1.39 bits per heavy atom. The second-order valence-electron chi connectivity index (χ2n) is 4.39. The predicted molar refractivity (Wildman–Crippen MR) is 76.6 cm³/mol. The average Bonchev–Trinajstić information content (AvgIpc) is 2.94. The topological polar surface area (TPSA) is 55.9 Å². The van der Waals surface area contributed by atoms with Crippen LogP contribution in [-0.2, 0) is 0 Å². The SMILES string of the molecule is CN1CCN=C1/C=N/CC/N=C/C1=NCCN1C. The molecule has 0 bridgehead atoms. The molecule has 0 spiro atoms. The molecule has 98 valence electrons. The molecule has 0 atom stereocenters. The molecule has 2 aliphatic heterocycles. The van der Waals surface area contributed by atoms with E-state index >= 15 is 0 Å². The Balaban J connectivity index is 1.67. The molecule has 6 heteroatoms. The van der Waals surface area contributed by atoms with Crippen molar-refractivity contribution in [2.24, 2.45) is 20.0 Å². The summed E-state index contributed by atoms with van der Waals surface area (Å²) in [6.45, 7) is 5.13. The lowest BCUT2D eigenvalue weighted by molar-refractivity contribution is 0.562. The van der Waals surface area contributed by atoms with Crippen LogP contribution >= 0.6 is 0 Å². The van der Waals surface area contributed by atoms with Crippen LogP contribution in [0.5, 0.6) is 0 Å². The molecule has 6 nitrogen and oxygen atoms in total. The molecule has 18 heavy (non-hydrogen) atoms. The molecule has 2 heterocycles. The lowest BCUT2D eigenvalue weighted by atomic mass is 10.5. The van der Waals surface area contributed by atoms with Gasteiger partial charge < -0.3 is 9.80 Å². The number of aliphatic imine (C=N–C) groups is 4. The number of amidine groups is 2. The van der Waals surface area contributed by atoms with Crippen LogP contribution in [0.1, 0.15) is 0 Å². The molecule has 0 radical (unpaired) electrons. The van der Waals surface area contributed by atoms with E-state index in [2.05, 4.69) is 29.8 Å². The number of likely N-dealkylation sites (N-methyl/N-ethyl adjacent to an activating group) is 2. The summed E-state index contributed by atoms with van der Waals surface area (Å²) in [6, 6.07) is 0. The third-order valence-electron chi connectivity index (χ3n) is 2.97. The molecule has 0 aromatic rings. The maximum absolute atomic E-state index is 4.34. The summed E-state index contributed by atoms with van der Waals surface area (Å²) in [5.74, 6) is 1.94. The van der Waals surface area contributed by atoms with Gasteiger partial charge in [0.05, 0.1) is 38.6 Å². The molecular formula is C12H20N6. The normalized spacial score (nSPS) is 20.3. The summed E-state index contributed by atoms with van der Waals surface area (Å²) in [6.07, 6.45) is 3.67. The number of rotatable bonds is 5. The number of hydrogen-bond donors (Lipinski definition) is 0. The van der Waals surface area contributed by atoms with Crippen molar-refractivity contribution < 1.29 is 0 Å². The fourth-order valence-electron chi connectivity index (χ4n) is 1.79. The van der Waals surface area contributed by atoms with Gasteiger partial charge in [0.1, 0.15) is 11.7 Å². The van der Waals surface area contributed by atoms with Gasteiger partial charge in [-0.2, -0.15) is 0 Å². The van der Waals surface area contributed by atoms with Crippen molar-refractivity contribution in [2.45, 2.75) is 0 Å². The standard InChI is InChI=1S/C12H20N6/c1-17-7-5-15-11(17)9-13-3-4-14-10-12-16-6-8-18(12)2/h9-10H,3-8H2,1-2H3/b13-9+,14-10+. The Kier molecular flexibility index (Phi) is 4.44. The third kappa shape index (κ3) is 3.38. The Hall–Kier alpha value is -1.72. The Labute approximate surface area is 108 Å². The largest absolute Gasteiger partial charge is 0.357 e. The zero-order valence-corrected chi connectivity index (χ0v) is 11.1. The zero-order chi connectivity index (χ0) is 12.8. The van der Waals surface area contributed by atoms with E-state index in [0.29, 0.717) is 13.1 Å². The molecule has 0 aromatic carbocycles. The first-order valence-corrected chi connectivity index (χ1v) is 6.28. The maximum Gasteiger partial charge on any atom is 0.141 e. The lowest BCUT2D eigenvalue weighted by Gasteiger charge is -2.09. The van der Waals surface area contributed by atoms with E-state index in [9.17, 15) is 0 Å². The highest BCUT2D eigenvalue weighted by Gasteiger charge is 2.09. The molecule has 0 saturated carbocycles. The lowest BCUT2D eigenvalue weighted by Crippen LogP contribution is -2.24. The van der Waals surface area contributed by atoms with E-state index in [1.54, 1.807) is 0 Å².